The van der Waals surface area contributed by atoms with Gasteiger partial charge in [-0.2, -0.15) is 0 Å². The first-order valence-corrected chi connectivity index (χ1v) is 8.80. The molecule has 1 aliphatic heterocycles. The van der Waals surface area contributed by atoms with Crippen molar-refractivity contribution in [3.8, 4) is 0 Å². The van der Waals surface area contributed by atoms with Gasteiger partial charge in [-0.05, 0) is 50.6 Å². The minimum atomic E-state index is 0. The van der Waals surface area contributed by atoms with Gasteiger partial charge in [-0.3, -0.25) is 4.79 Å². The number of nitrogens with zero attached hydrogens (tertiary/aromatic N) is 1. The van der Waals surface area contributed by atoms with E-state index in [4.69, 9.17) is 0 Å². The molecule has 0 radical (unpaired) electrons. The van der Waals surface area contributed by atoms with Crippen LogP contribution in [0.25, 0.3) is 0 Å². The van der Waals surface area contributed by atoms with Crippen LogP contribution in [0.2, 0.25) is 0 Å². The Labute approximate surface area is 137 Å². The second kappa shape index (κ2) is 7.61. The van der Waals surface area contributed by atoms with Gasteiger partial charge in [-0.1, -0.05) is 6.92 Å². The molecule has 5 heteroatoms. The minimum absolute atomic E-state index is 0. The summed E-state index contributed by atoms with van der Waals surface area (Å²) < 4.78 is 0. The van der Waals surface area contributed by atoms with E-state index in [1.807, 2.05) is 0 Å². The molecule has 1 aromatic rings. The zero-order valence-electron chi connectivity index (χ0n) is 12.7. The van der Waals surface area contributed by atoms with Gasteiger partial charge in [0.05, 0.1) is 5.56 Å². The average molecular weight is 329 g/mol. The molecule has 1 fully saturated rings. The van der Waals surface area contributed by atoms with Crippen molar-refractivity contribution in [2.45, 2.75) is 51.5 Å². The van der Waals surface area contributed by atoms with Gasteiger partial charge in [-0.25, -0.2) is 0 Å². The second-order valence-corrected chi connectivity index (χ2v) is 6.87. The molecule has 1 N–H and O–H groups in total. The third-order valence-electron chi connectivity index (χ3n) is 4.49. The third-order valence-corrected chi connectivity index (χ3v) is 5.58. The summed E-state index contributed by atoms with van der Waals surface area (Å²) in [6, 6.07) is 0.390. The van der Waals surface area contributed by atoms with Crippen molar-refractivity contribution in [3.63, 3.8) is 0 Å². The zero-order valence-corrected chi connectivity index (χ0v) is 14.3. The fraction of sp³-hybridized carbons (Fsp3) is 0.688. The fourth-order valence-electron chi connectivity index (χ4n) is 3.42. The maximum atomic E-state index is 13.0. The summed E-state index contributed by atoms with van der Waals surface area (Å²) in [7, 11) is 0. The third kappa shape index (κ3) is 3.43. The quantitative estimate of drug-likeness (QED) is 0.920. The molecule has 3 rings (SSSR count). The Kier molecular flexibility index (Phi) is 6.08. The second-order valence-electron chi connectivity index (χ2n) is 5.90. The molecule has 1 amide bonds. The first-order chi connectivity index (χ1) is 9.81. The van der Waals surface area contributed by atoms with Gasteiger partial charge in [-0.15, -0.1) is 23.7 Å². The van der Waals surface area contributed by atoms with Crippen molar-refractivity contribution in [1.82, 2.24) is 10.2 Å². The van der Waals surface area contributed by atoms with Crippen LogP contribution in [0.15, 0.2) is 5.38 Å². The number of nitrogens with one attached hydrogen (secondary N) is 1. The summed E-state index contributed by atoms with van der Waals surface area (Å²) in [6.45, 7) is 5.04. The lowest BCUT2D eigenvalue weighted by atomic mass is 9.95. The number of hydrogen-bond acceptors (Lipinski definition) is 3. The lowest BCUT2D eigenvalue weighted by Crippen LogP contribution is -2.42. The molecule has 0 saturated carbocycles. The molecule has 1 atom stereocenters. The molecule has 1 unspecified atom stereocenters. The van der Waals surface area contributed by atoms with Crippen LogP contribution in [-0.4, -0.2) is 36.5 Å². The van der Waals surface area contributed by atoms with Gasteiger partial charge >= 0.3 is 0 Å². The van der Waals surface area contributed by atoms with Crippen molar-refractivity contribution in [2.24, 2.45) is 0 Å². The normalized spacial score (nSPS) is 20.7. The largest absolute Gasteiger partial charge is 0.334 e. The number of halogens is 1. The Balaban J connectivity index is 0.00000161. The monoisotopic (exact) mass is 328 g/mol. The van der Waals surface area contributed by atoms with E-state index in [2.05, 4.69) is 22.5 Å². The minimum Gasteiger partial charge on any atom is -0.334 e. The Morgan fingerprint density at radius 2 is 2.24 bits per heavy atom. The first kappa shape index (κ1) is 16.8. The maximum Gasteiger partial charge on any atom is 0.255 e. The molecule has 1 aliphatic carbocycles. The lowest BCUT2D eigenvalue weighted by molar-refractivity contribution is 0.0691. The van der Waals surface area contributed by atoms with Crippen LogP contribution in [0.4, 0.5) is 0 Å². The van der Waals surface area contributed by atoms with Crippen LogP contribution in [0, 0.1) is 0 Å². The molecule has 21 heavy (non-hydrogen) atoms. The summed E-state index contributed by atoms with van der Waals surface area (Å²) in [5.74, 6) is 0.278. The van der Waals surface area contributed by atoms with Crippen LogP contribution >= 0.6 is 23.7 Å². The Morgan fingerprint density at radius 3 is 2.95 bits per heavy atom. The SMILES string of the molecule is CCCN(C(=O)c1csc2c1CCCC2)C1CCNC1.Cl. The van der Waals surface area contributed by atoms with Crippen molar-refractivity contribution < 1.29 is 4.79 Å². The molecule has 0 bridgehead atoms. The van der Waals surface area contributed by atoms with Gasteiger partial charge in [0, 0.05) is 29.4 Å². The highest BCUT2D eigenvalue weighted by molar-refractivity contribution is 7.10. The predicted molar refractivity (Wildman–Crippen MR) is 90.8 cm³/mol. The molecule has 118 valence electrons. The standard InChI is InChI=1S/C16H24N2OS.ClH/c1-2-9-18(12-7-8-17-10-12)16(19)14-11-20-15-6-4-3-5-13(14)15;/h11-12,17H,2-10H2,1H3;1H. The lowest BCUT2D eigenvalue weighted by Gasteiger charge is -2.28. The topological polar surface area (TPSA) is 32.3 Å². The average Bonchev–Trinajstić information content (AvgIpc) is 3.13. The van der Waals surface area contributed by atoms with Gasteiger partial charge < -0.3 is 10.2 Å². The van der Waals surface area contributed by atoms with E-state index in [0.29, 0.717) is 6.04 Å². The Hall–Kier alpha value is -0.580. The molecule has 0 aromatic carbocycles. The Bertz CT molecular complexity index is 483. The molecule has 2 aliphatic rings. The number of rotatable bonds is 4. The van der Waals surface area contributed by atoms with Crippen LogP contribution in [0.1, 0.15) is 53.4 Å². The van der Waals surface area contributed by atoms with Gasteiger partial charge in [0.25, 0.3) is 5.91 Å². The van der Waals surface area contributed by atoms with E-state index in [1.165, 1.54) is 29.7 Å². The maximum absolute atomic E-state index is 13.0. The number of fused-ring (bicyclic) bond motifs is 1. The van der Waals surface area contributed by atoms with E-state index < -0.39 is 0 Å². The number of thiophene rings is 1. The van der Waals surface area contributed by atoms with E-state index in [0.717, 1.165) is 44.5 Å². The van der Waals surface area contributed by atoms with Gasteiger partial charge in [0.2, 0.25) is 0 Å². The summed E-state index contributed by atoms with van der Waals surface area (Å²) in [4.78, 5) is 16.5. The summed E-state index contributed by atoms with van der Waals surface area (Å²) in [5, 5.41) is 5.50. The Morgan fingerprint density at radius 1 is 1.43 bits per heavy atom. The fourth-order valence-corrected chi connectivity index (χ4v) is 4.54. The number of hydrogen-bond donors (Lipinski definition) is 1. The van der Waals surface area contributed by atoms with Crippen molar-refractivity contribution in [3.05, 3.63) is 21.4 Å². The van der Waals surface area contributed by atoms with E-state index >= 15 is 0 Å². The van der Waals surface area contributed by atoms with Crippen molar-refractivity contribution in [1.29, 1.82) is 0 Å². The highest BCUT2D eigenvalue weighted by Gasteiger charge is 2.29. The molecule has 1 aromatic heterocycles. The van der Waals surface area contributed by atoms with E-state index in [1.54, 1.807) is 11.3 Å². The number of carbonyl (C=O) groups is 1. The van der Waals surface area contributed by atoms with Crippen LogP contribution in [-0.2, 0) is 12.8 Å². The van der Waals surface area contributed by atoms with E-state index in [-0.39, 0.29) is 18.3 Å². The number of amides is 1. The molecule has 1 saturated heterocycles. The highest BCUT2D eigenvalue weighted by atomic mass is 35.5. The predicted octanol–water partition coefficient (Wildman–Crippen LogP) is 3.26. The van der Waals surface area contributed by atoms with Crippen LogP contribution in [0.3, 0.4) is 0 Å². The molecular weight excluding hydrogens is 304 g/mol. The number of aryl methyl sites for hydroxylation is 1. The number of carbonyl (C=O) groups excluding carboxylic acids is 1. The summed E-state index contributed by atoms with van der Waals surface area (Å²) in [6.07, 6.45) is 6.93. The smallest absolute Gasteiger partial charge is 0.255 e. The first-order valence-electron chi connectivity index (χ1n) is 7.92. The molecule has 0 spiro atoms. The summed E-state index contributed by atoms with van der Waals surface area (Å²) in [5.41, 5.74) is 2.36. The van der Waals surface area contributed by atoms with E-state index in [9.17, 15) is 4.79 Å². The zero-order chi connectivity index (χ0) is 13.9. The molecular formula is C16H25ClN2OS. The molecule has 3 nitrogen and oxygen atoms in total. The summed E-state index contributed by atoms with van der Waals surface area (Å²) >= 11 is 1.80. The van der Waals surface area contributed by atoms with Crippen LogP contribution < -0.4 is 5.32 Å². The van der Waals surface area contributed by atoms with Gasteiger partial charge in [0.15, 0.2) is 0 Å². The van der Waals surface area contributed by atoms with Crippen LogP contribution in [0.5, 0.6) is 0 Å². The van der Waals surface area contributed by atoms with Gasteiger partial charge in [0.1, 0.15) is 0 Å². The highest BCUT2D eigenvalue weighted by Crippen LogP contribution is 2.31. The van der Waals surface area contributed by atoms with Crippen molar-refractivity contribution >= 4 is 29.7 Å². The molecule has 2 heterocycles. The van der Waals surface area contributed by atoms with Crippen molar-refractivity contribution in [2.75, 3.05) is 19.6 Å².